The highest BCUT2D eigenvalue weighted by molar-refractivity contribution is 6.30. The van der Waals surface area contributed by atoms with Crippen LogP contribution in [0.1, 0.15) is 36.7 Å². The van der Waals surface area contributed by atoms with Crippen LogP contribution in [0.3, 0.4) is 0 Å². The zero-order valence-corrected chi connectivity index (χ0v) is 16.5. The van der Waals surface area contributed by atoms with E-state index in [0.717, 1.165) is 22.2 Å². The van der Waals surface area contributed by atoms with Gasteiger partial charge in [-0.05, 0) is 47.7 Å². The highest BCUT2D eigenvalue weighted by Crippen LogP contribution is 2.29. The van der Waals surface area contributed by atoms with Gasteiger partial charge in [0.2, 0.25) is 0 Å². The van der Waals surface area contributed by atoms with Gasteiger partial charge in [-0.2, -0.15) is 0 Å². The van der Waals surface area contributed by atoms with E-state index in [2.05, 4.69) is 28.8 Å². The SMILES string of the molecule is CC(C)Cc1nc2ccc(C(c3cccc(Cl)c3)n3ccnc3)cc2[nH]c1=O. The summed E-state index contributed by atoms with van der Waals surface area (Å²) in [5.41, 5.74) is 4.02. The maximum Gasteiger partial charge on any atom is 0.270 e. The summed E-state index contributed by atoms with van der Waals surface area (Å²) in [6, 6.07) is 13.6. The molecule has 142 valence electrons. The van der Waals surface area contributed by atoms with Crippen molar-refractivity contribution in [3.63, 3.8) is 0 Å². The third kappa shape index (κ3) is 3.71. The van der Waals surface area contributed by atoms with E-state index >= 15 is 0 Å². The molecule has 0 aliphatic rings. The Labute approximate surface area is 168 Å². The second-order valence-electron chi connectivity index (χ2n) is 7.35. The van der Waals surface area contributed by atoms with Gasteiger partial charge in [-0.1, -0.05) is 43.6 Å². The monoisotopic (exact) mass is 392 g/mol. The Bertz CT molecular complexity index is 1160. The first-order valence-corrected chi connectivity index (χ1v) is 9.65. The van der Waals surface area contributed by atoms with Crippen LogP contribution in [0.25, 0.3) is 11.0 Å². The number of aromatic amines is 1. The number of aromatic nitrogens is 4. The fraction of sp³-hybridized carbons (Fsp3) is 0.227. The second-order valence-corrected chi connectivity index (χ2v) is 7.79. The molecule has 2 aromatic carbocycles. The number of hydrogen-bond acceptors (Lipinski definition) is 3. The van der Waals surface area contributed by atoms with Crippen LogP contribution in [0.5, 0.6) is 0 Å². The van der Waals surface area contributed by atoms with E-state index in [0.29, 0.717) is 23.1 Å². The number of nitrogens with one attached hydrogen (secondary N) is 1. The first kappa shape index (κ1) is 18.4. The quantitative estimate of drug-likeness (QED) is 0.539. The molecule has 28 heavy (non-hydrogen) atoms. The van der Waals surface area contributed by atoms with Gasteiger partial charge in [0.25, 0.3) is 5.56 Å². The number of H-pyrrole nitrogens is 1. The number of rotatable bonds is 5. The molecule has 4 rings (SSSR count). The van der Waals surface area contributed by atoms with Crippen molar-refractivity contribution in [1.29, 1.82) is 0 Å². The van der Waals surface area contributed by atoms with E-state index in [1.54, 1.807) is 12.5 Å². The molecule has 6 heteroatoms. The fourth-order valence-electron chi connectivity index (χ4n) is 3.47. The smallest absolute Gasteiger partial charge is 0.270 e. The molecule has 2 heterocycles. The zero-order valence-electron chi connectivity index (χ0n) is 15.8. The maximum absolute atomic E-state index is 12.4. The number of nitrogens with zero attached hydrogens (tertiary/aromatic N) is 3. The Morgan fingerprint density at radius 3 is 2.68 bits per heavy atom. The molecule has 1 atom stereocenters. The van der Waals surface area contributed by atoms with E-state index in [4.69, 9.17) is 11.6 Å². The fourth-order valence-corrected chi connectivity index (χ4v) is 3.67. The Hall–Kier alpha value is -2.92. The molecule has 0 aliphatic heterocycles. The van der Waals surface area contributed by atoms with Crippen molar-refractivity contribution >= 4 is 22.6 Å². The van der Waals surface area contributed by atoms with Gasteiger partial charge in [-0.15, -0.1) is 0 Å². The van der Waals surface area contributed by atoms with Crippen LogP contribution in [0, 0.1) is 5.92 Å². The average Bonchev–Trinajstić information content (AvgIpc) is 3.16. The predicted molar refractivity (Wildman–Crippen MR) is 112 cm³/mol. The summed E-state index contributed by atoms with van der Waals surface area (Å²) in [5, 5.41) is 0.678. The number of imidazole rings is 1. The minimum Gasteiger partial charge on any atom is -0.326 e. The van der Waals surface area contributed by atoms with E-state index in [1.807, 2.05) is 53.2 Å². The largest absolute Gasteiger partial charge is 0.326 e. The molecule has 1 unspecified atom stereocenters. The summed E-state index contributed by atoms with van der Waals surface area (Å²) in [5.74, 6) is 0.374. The first-order valence-electron chi connectivity index (χ1n) is 9.27. The van der Waals surface area contributed by atoms with Crippen molar-refractivity contribution in [1.82, 2.24) is 19.5 Å². The van der Waals surface area contributed by atoms with Gasteiger partial charge < -0.3 is 9.55 Å². The highest BCUT2D eigenvalue weighted by atomic mass is 35.5. The number of halogens is 1. The van der Waals surface area contributed by atoms with Crippen LogP contribution in [0.2, 0.25) is 5.02 Å². The molecule has 2 aromatic heterocycles. The Kier molecular flexibility index (Phi) is 5.01. The Balaban J connectivity index is 1.84. The molecule has 5 nitrogen and oxygen atoms in total. The lowest BCUT2D eigenvalue weighted by Crippen LogP contribution is -2.17. The average molecular weight is 393 g/mol. The summed E-state index contributed by atoms with van der Waals surface area (Å²) >= 11 is 6.23. The topological polar surface area (TPSA) is 63.6 Å². The van der Waals surface area contributed by atoms with Gasteiger partial charge in [-0.3, -0.25) is 4.79 Å². The van der Waals surface area contributed by atoms with Crippen molar-refractivity contribution in [2.45, 2.75) is 26.3 Å². The van der Waals surface area contributed by atoms with Gasteiger partial charge in [0.05, 0.1) is 23.4 Å². The van der Waals surface area contributed by atoms with Crippen molar-refractivity contribution in [2.24, 2.45) is 5.92 Å². The van der Waals surface area contributed by atoms with Crippen molar-refractivity contribution in [2.75, 3.05) is 0 Å². The highest BCUT2D eigenvalue weighted by Gasteiger charge is 2.17. The summed E-state index contributed by atoms with van der Waals surface area (Å²) in [6.07, 6.45) is 6.11. The Morgan fingerprint density at radius 1 is 1.14 bits per heavy atom. The molecule has 0 saturated heterocycles. The molecule has 1 N–H and O–H groups in total. The van der Waals surface area contributed by atoms with Gasteiger partial charge in [0.15, 0.2) is 0 Å². The molecular weight excluding hydrogens is 372 g/mol. The lowest BCUT2D eigenvalue weighted by Gasteiger charge is -2.20. The van der Waals surface area contributed by atoms with E-state index in [-0.39, 0.29) is 11.6 Å². The molecule has 0 fully saturated rings. The van der Waals surface area contributed by atoms with Crippen molar-refractivity contribution < 1.29 is 0 Å². The minimum atomic E-state index is -0.125. The van der Waals surface area contributed by atoms with Crippen LogP contribution in [-0.4, -0.2) is 19.5 Å². The van der Waals surface area contributed by atoms with Gasteiger partial charge >= 0.3 is 0 Å². The summed E-state index contributed by atoms with van der Waals surface area (Å²) in [7, 11) is 0. The predicted octanol–water partition coefficient (Wildman–Crippen LogP) is 4.61. The van der Waals surface area contributed by atoms with Crippen LogP contribution in [-0.2, 0) is 6.42 Å². The normalized spacial score (nSPS) is 12.6. The van der Waals surface area contributed by atoms with E-state index in [1.165, 1.54) is 0 Å². The second kappa shape index (κ2) is 7.60. The van der Waals surface area contributed by atoms with Crippen molar-refractivity contribution in [3.8, 4) is 0 Å². The van der Waals surface area contributed by atoms with Crippen LogP contribution in [0.15, 0.2) is 66.0 Å². The molecular formula is C22H21ClN4O. The summed E-state index contributed by atoms with van der Waals surface area (Å²) in [4.78, 5) is 24.2. The molecule has 0 amide bonds. The minimum absolute atomic E-state index is 0.107. The van der Waals surface area contributed by atoms with Gasteiger partial charge in [0.1, 0.15) is 5.69 Å². The standard InChI is InChI=1S/C22H21ClN4O/c1-14(2)10-20-22(28)26-19-12-16(6-7-18(19)25-20)21(27-9-8-24-13-27)15-4-3-5-17(23)11-15/h3-9,11-14,21H,10H2,1-2H3,(H,26,28). The van der Waals surface area contributed by atoms with Crippen molar-refractivity contribution in [3.05, 3.63) is 93.4 Å². The van der Waals surface area contributed by atoms with E-state index in [9.17, 15) is 4.79 Å². The summed E-state index contributed by atoms with van der Waals surface area (Å²) in [6.45, 7) is 4.16. The lowest BCUT2D eigenvalue weighted by molar-refractivity contribution is 0.631. The third-order valence-corrected chi connectivity index (χ3v) is 4.93. The first-order chi connectivity index (χ1) is 13.5. The Morgan fingerprint density at radius 2 is 1.96 bits per heavy atom. The summed E-state index contributed by atoms with van der Waals surface area (Å²) < 4.78 is 2.02. The zero-order chi connectivity index (χ0) is 19.7. The number of benzene rings is 2. The molecule has 0 aliphatic carbocycles. The molecule has 0 radical (unpaired) electrons. The third-order valence-electron chi connectivity index (χ3n) is 4.69. The molecule has 0 spiro atoms. The molecule has 4 aromatic rings. The van der Waals surface area contributed by atoms with E-state index < -0.39 is 0 Å². The lowest BCUT2D eigenvalue weighted by atomic mass is 9.98. The van der Waals surface area contributed by atoms with Gasteiger partial charge in [-0.25, -0.2) is 9.97 Å². The number of fused-ring (bicyclic) bond motifs is 1. The van der Waals surface area contributed by atoms with Crippen LogP contribution >= 0.6 is 11.6 Å². The van der Waals surface area contributed by atoms with Gasteiger partial charge in [0, 0.05) is 17.4 Å². The molecule has 0 bridgehead atoms. The van der Waals surface area contributed by atoms with Crippen LogP contribution in [0.4, 0.5) is 0 Å². The molecule has 0 saturated carbocycles. The van der Waals surface area contributed by atoms with Crippen LogP contribution < -0.4 is 5.56 Å². The number of hydrogen-bond donors (Lipinski definition) is 1. The maximum atomic E-state index is 12.4.